The highest BCUT2D eigenvalue weighted by molar-refractivity contribution is 5.67. The molecule has 7 nitrogen and oxygen atoms in total. The summed E-state index contributed by atoms with van der Waals surface area (Å²) >= 11 is 0. The van der Waals surface area contributed by atoms with E-state index in [-0.39, 0.29) is 6.04 Å². The van der Waals surface area contributed by atoms with Crippen LogP contribution in [-0.2, 0) is 0 Å². The van der Waals surface area contributed by atoms with Crippen molar-refractivity contribution < 1.29 is 14.2 Å². The second kappa shape index (κ2) is 7.72. The SMILES string of the molecule is COc1cc(Nc2cc(NC(C)C)nc(C)n2)cc(OC)c1OC. The van der Waals surface area contributed by atoms with Crippen molar-refractivity contribution in [2.45, 2.75) is 26.8 Å². The maximum atomic E-state index is 5.37. The van der Waals surface area contributed by atoms with Crippen LogP contribution in [0.2, 0.25) is 0 Å². The first-order valence-corrected chi connectivity index (χ1v) is 7.66. The van der Waals surface area contributed by atoms with Gasteiger partial charge in [-0.25, -0.2) is 9.97 Å². The molecule has 0 spiro atoms. The standard InChI is InChI=1S/C17H24N4O3/c1-10(2)18-15-9-16(20-11(3)19-15)21-12-7-13(22-4)17(24-6)14(8-12)23-5/h7-10H,1-6H3,(H2,18,19,20,21). The Morgan fingerprint density at radius 3 is 1.96 bits per heavy atom. The first-order chi connectivity index (χ1) is 11.5. The number of hydrogen-bond donors (Lipinski definition) is 2. The van der Waals surface area contributed by atoms with Crippen LogP contribution in [-0.4, -0.2) is 37.3 Å². The molecule has 130 valence electrons. The summed E-state index contributed by atoms with van der Waals surface area (Å²) in [6.45, 7) is 5.97. The van der Waals surface area contributed by atoms with Gasteiger partial charge in [0, 0.05) is 29.9 Å². The molecule has 0 saturated carbocycles. The zero-order chi connectivity index (χ0) is 17.7. The molecule has 2 rings (SSSR count). The molecule has 2 N–H and O–H groups in total. The molecule has 0 unspecified atom stereocenters. The molecule has 0 aliphatic rings. The van der Waals surface area contributed by atoms with E-state index in [4.69, 9.17) is 14.2 Å². The fraction of sp³-hybridized carbons (Fsp3) is 0.412. The average Bonchev–Trinajstić information content (AvgIpc) is 2.52. The molecule has 2 aromatic rings. The van der Waals surface area contributed by atoms with Crippen LogP contribution in [0.3, 0.4) is 0 Å². The molecule has 0 aliphatic heterocycles. The Morgan fingerprint density at radius 1 is 0.875 bits per heavy atom. The van der Waals surface area contributed by atoms with Crippen molar-refractivity contribution in [2.24, 2.45) is 0 Å². The molecule has 0 aliphatic carbocycles. The third-order valence-electron chi connectivity index (χ3n) is 3.21. The zero-order valence-corrected chi connectivity index (χ0v) is 14.9. The number of rotatable bonds is 7. The molecule has 0 bridgehead atoms. The van der Waals surface area contributed by atoms with Crippen LogP contribution >= 0.6 is 0 Å². The topological polar surface area (TPSA) is 77.5 Å². The summed E-state index contributed by atoms with van der Waals surface area (Å²) in [4.78, 5) is 8.79. The molecule has 1 aromatic heterocycles. The Kier molecular flexibility index (Phi) is 5.68. The summed E-state index contributed by atoms with van der Waals surface area (Å²) in [5, 5.41) is 6.53. The molecule has 7 heteroatoms. The van der Waals surface area contributed by atoms with Crippen molar-refractivity contribution >= 4 is 17.3 Å². The number of anilines is 3. The Balaban J connectivity index is 2.35. The van der Waals surface area contributed by atoms with E-state index in [2.05, 4.69) is 34.4 Å². The van der Waals surface area contributed by atoms with Gasteiger partial charge < -0.3 is 24.8 Å². The maximum Gasteiger partial charge on any atom is 0.203 e. The van der Waals surface area contributed by atoms with Crippen molar-refractivity contribution in [1.29, 1.82) is 0 Å². The average molecular weight is 332 g/mol. The van der Waals surface area contributed by atoms with Gasteiger partial charge in [0.15, 0.2) is 11.5 Å². The van der Waals surface area contributed by atoms with Gasteiger partial charge >= 0.3 is 0 Å². The van der Waals surface area contributed by atoms with Crippen LogP contribution in [0.1, 0.15) is 19.7 Å². The van der Waals surface area contributed by atoms with Crippen LogP contribution < -0.4 is 24.8 Å². The summed E-state index contributed by atoms with van der Waals surface area (Å²) in [6.07, 6.45) is 0. The van der Waals surface area contributed by atoms with Gasteiger partial charge in [-0.1, -0.05) is 0 Å². The lowest BCUT2D eigenvalue weighted by Crippen LogP contribution is -2.12. The fourth-order valence-corrected chi connectivity index (χ4v) is 2.30. The number of nitrogens with one attached hydrogen (secondary N) is 2. The highest BCUT2D eigenvalue weighted by atomic mass is 16.5. The summed E-state index contributed by atoms with van der Waals surface area (Å²) in [6, 6.07) is 5.80. The lowest BCUT2D eigenvalue weighted by atomic mass is 10.2. The van der Waals surface area contributed by atoms with Crippen LogP contribution in [0, 0.1) is 6.92 Å². The third-order valence-corrected chi connectivity index (χ3v) is 3.21. The van der Waals surface area contributed by atoms with Gasteiger partial charge in [0.1, 0.15) is 17.5 Å². The summed E-state index contributed by atoms with van der Waals surface area (Å²) < 4.78 is 16.1. The lowest BCUT2D eigenvalue weighted by Gasteiger charge is -2.16. The van der Waals surface area contributed by atoms with E-state index in [1.165, 1.54) is 0 Å². The Bertz CT molecular complexity index is 679. The molecule has 0 amide bonds. The van der Waals surface area contributed by atoms with Crippen molar-refractivity contribution in [3.8, 4) is 17.2 Å². The molecule has 0 radical (unpaired) electrons. The number of ether oxygens (including phenoxy) is 3. The van der Waals surface area contributed by atoms with Gasteiger partial charge in [-0.05, 0) is 20.8 Å². The molecule has 0 atom stereocenters. The molecule has 1 heterocycles. The smallest absolute Gasteiger partial charge is 0.203 e. The van der Waals surface area contributed by atoms with Crippen molar-refractivity contribution in [3.05, 3.63) is 24.0 Å². The lowest BCUT2D eigenvalue weighted by molar-refractivity contribution is 0.324. The Hall–Kier alpha value is -2.70. The van der Waals surface area contributed by atoms with Gasteiger partial charge in [0.2, 0.25) is 5.75 Å². The largest absolute Gasteiger partial charge is 0.493 e. The van der Waals surface area contributed by atoms with Gasteiger partial charge in [0.05, 0.1) is 21.3 Å². The second-order valence-electron chi connectivity index (χ2n) is 5.52. The fourth-order valence-electron chi connectivity index (χ4n) is 2.30. The number of nitrogens with zero attached hydrogens (tertiary/aromatic N) is 2. The van der Waals surface area contributed by atoms with Crippen molar-refractivity contribution in [2.75, 3.05) is 32.0 Å². The second-order valence-corrected chi connectivity index (χ2v) is 5.52. The molecule has 1 aromatic carbocycles. The number of benzene rings is 1. The van der Waals surface area contributed by atoms with Crippen molar-refractivity contribution in [1.82, 2.24) is 9.97 Å². The van der Waals surface area contributed by atoms with Crippen LogP contribution in [0.4, 0.5) is 17.3 Å². The predicted molar refractivity (Wildman–Crippen MR) is 94.9 cm³/mol. The van der Waals surface area contributed by atoms with Gasteiger partial charge in [-0.2, -0.15) is 0 Å². The first kappa shape index (κ1) is 17.7. The van der Waals surface area contributed by atoms with E-state index in [0.29, 0.717) is 28.9 Å². The van der Waals surface area contributed by atoms with Gasteiger partial charge in [0.25, 0.3) is 0 Å². The quantitative estimate of drug-likeness (QED) is 0.805. The minimum Gasteiger partial charge on any atom is -0.493 e. The van der Waals surface area contributed by atoms with E-state index in [9.17, 15) is 0 Å². The number of aryl methyl sites for hydroxylation is 1. The Morgan fingerprint density at radius 2 is 1.46 bits per heavy atom. The minimum absolute atomic E-state index is 0.285. The predicted octanol–water partition coefficient (Wildman–Crippen LogP) is 3.37. The van der Waals surface area contributed by atoms with E-state index in [1.54, 1.807) is 21.3 Å². The molecule has 0 fully saturated rings. The highest BCUT2D eigenvalue weighted by Crippen LogP contribution is 2.40. The van der Waals surface area contributed by atoms with E-state index < -0.39 is 0 Å². The van der Waals surface area contributed by atoms with Crippen LogP contribution in [0.15, 0.2) is 18.2 Å². The molecular weight excluding hydrogens is 308 g/mol. The maximum absolute atomic E-state index is 5.37. The van der Waals surface area contributed by atoms with Crippen LogP contribution in [0.25, 0.3) is 0 Å². The normalized spacial score (nSPS) is 10.5. The molecule has 0 saturated heterocycles. The van der Waals surface area contributed by atoms with Gasteiger partial charge in [-0.15, -0.1) is 0 Å². The van der Waals surface area contributed by atoms with E-state index in [1.807, 2.05) is 25.1 Å². The summed E-state index contributed by atoms with van der Waals surface area (Å²) in [5.74, 6) is 3.82. The molecule has 24 heavy (non-hydrogen) atoms. The van der Waals surface area contributed by atoms with Gasteiger partial charge in [-0.3, -0.25) is 0 Å². The Labute approximate surface area is 142 Å². The zero-order valence-electron chi connectivity index (χ0n) is 14.9. The van der Waals surface area contributed by atoms with Crippen molar-refractivity contribution in [3.63, 3.8) is 0 Å². The molecular formula is C17H24N4O3. The third kappa shape index (κ3) is 4.18. The number of aromatic nitrogens is 2. The highest BCUT2D eigenvalue weighted by Gasteiger charge is 2.14. The van der Waals surface area contributed by atoms with E-state index in [0.717, 1.165) is 11.5 Å². The summed E-state index contributed by atoms with van der Waals surface area (Å²) in [7, 11) is 4.74. The van der Waals surface area contributed by atoms with E-state index >= 15 is 0 Å². The minimum atomic E-state index is 0.285. The van der Waals surface area contributed by atoms with Crippen LogP contribution in [0.5, 0.6) is 17.2 Å². The number of methoxy groups -OCH3 is 3. The number of hydrogen-bond acceptors (Lipinski definition) is 7. The monoisotopic (exact) mass is 332 g/mol. The first-order valence-electron chi connectivity index (χ1n) is 7.66. The summed E-state index contributed by atoms with van der Waals surface area (Å²) in [5.41, 5.74) is 0.776.